The zero-order valence-corrected chi connectivity index (χ0v) is 11.5. The van der Waals surface area contributed by atoms with E-state index < -0.39 is 0 Å². The Hall–Kier alpha value is -1.06. The van der Waals surface area contributed by atoms with Crippen LogP contribution in [-0.4, -0.2) is 31.9 Å². The maximum atomic E-state index is 5.93. The van der Waals surface area contributed by atoms with Gasteiger partial charge in [0.25, 0.3) is 0 Å². The molecule has 2 unspecified atom stereocenters. The van der Waals surface area contributed by atoms with Crippen LogP contribution in [0.15, 0.2) is 24.3 Å². The van der Waals surface area contributed by atoms with Gasteiger partial charge in [-0.1, -0.05) is 32.0 Å². The summed E-state index contributed by atoms with van der Waals surface area (Å²) in [5, 5.41) is 3.44. The fourth-order valence-electron chi connectivity index (χ4n) is 2.12. The molecule has 1 fully saturated rings. The number of nitrogens with one attached hydrogen (secondary N) is 1. The Kier molecular flexibility index (Phi) is 4.61. The number of hydrogen-bond acceptors (Lipinski definition) is 3. The maximum Gasteiger partial charge on any atom is 0.122 e. The molecule has 1 heterocycles. The third-order valence-electron chi connectivity index (χ3n) is 3.26. The highest BCUT2D eigenvalue weighted by Gasteiger charge is 2.18. The van der Waals surface area contributed by atoms with Crippen molar-refractivity contribution in [1.29, 1.82) is 0 Å². The van der Waals surface area contributed by atoms with Crippen LogP contribution in [0.25, 0.3) is 0 Å². The number of para-hydroxylation sites is 1. The molecule has 0 spiro atoms. The van der Waals surface area contributed by atoms with E-state index >= 15 is 0 Å². The minimum absolute atomic E-state index is 0.293. The topological polar surface area (TPSA) is 30.5 Å². The molecule has 2 atom stereocenters. The molecule has 0 saturated carbocycles. The standard InChI is InChI=1S/C15H23NO2/c1-11(2)14-6-4-5-7-15(14)18-10-13-9-17-12(3)8-16-13/h4-7,11-13,16H,8-10H2,1-3H3. The van der Waals surface area contributed by atoms with Crippen LogP contribution in [0.2, 0.25) is 0 Å². The molecule has 100 valence electrons. The lowest BCUT2D eigenvalue weighted by Crippen LogP contribution is -2.48. The van der Waals surface area contributed by atoms with Gasteiger partial charge in [-0.3, -0.25) is 0 Å². The second-order valence-electron chi connectivity index (χ2n) is 5.25. The quantitative estimate of drug-likeness (QED) is 0.889. The lowest BCUT2D eigenvalue weighted by Gasteiger charge is -2.28. The Balaban J connectivity index is 1.90. The van der Waals surface area contributed by atoms with Crippen LogP contribution >= 0.6 is 0 Å². The number of rotatable bonds is 4. The molecule has 1 aromatic carbocycles. The van der Waals surface area contributed by atoms with Crippen molar-refractivity contribution in [3.63, 3.8) is 0 Å². The first-order valence-corrected chi connectivity index (χ1v) is 6.73. The normalized spacial score (nSPS) is 24.2. The molecule has 1 saturated heterocycles. The number of ether oxygens (including phenoxy) is 2. The predicted octanol–water partition coefficient (Wildman–Crippen LogP) is 2.57. The first-order valence-electron chi connectivity index (χ1n) is 6.73. The van der Waals surface area contributed by atoms with Crippen LogP contribution in [0.5, 0.6) is 5.75 Å². The minimum atomic E-state index is 0.293. The highest BCUT2D eigenvalue weighted by atomic mass is 16.5. The van der Waals surface area contributed by atoms with Gasteiger partial charge in [-0.2, -0.15) is 0 Å². The fourth-order valence-corrected chi connectivity index (χ4v) is 2.12. The van der Waals surface area contributed by atoms with Gasteiger partial charge in [-0.15, -0.1) is 0 Å². The molecule has 1 aromatic rings. The average Bonchev–Trinajstić information content (AvgIpc) is 2.38. The number of hydrogen-bond donors (Lipinski definition) is 1. The van der Waals surface area contributed by atoms with E-state index in [1.54, 1.807) is 0 Å². The summed E-state index contributed by atoms with van der Waals surface area (Å²) in [5.74, 6) is 1.48. The van der Waals surface area contributed by atoms with Crippen LogP contribution in [-0.2, 0) is 4.74 Å². The van der Waals surface area contributed by atoms with Crippen LogP contribution in [0.1, 0.15) is 32.3 Å². The molecular formula is C15H23NO2. The second-order valence-corrected chi connectivity index (χ2v) is 5.25. The molecule has 0 aliphatic carbocycles. The summed E-state index contributed by atoms with van der Waals surface area (Å²) in [5.41, 5.74) is 1.27. The van der Waals surface area contributed by atoms with Gasteiger partial charge in [-0.25, -0.2) is 0 Å². The van der Waals surface area contributed by atoms with Crippen molar-refractivity contribution in [3.8, 4) is 5.75 Å². The molecule has 0 bridgehead atoms. The van der Waals surface area contributed by atoms with Gasteiger partial charge < -0.3 is 14.8 Å². The van der Waals surface area contributed by atoms with E-state index in [0.717, 1.165) is 18.9 Å². The Morgan fingerprint density at radius 1 is 1.39 bits per heavy atom. The van der Waals surface area contributed by atoms with Gasteiger partial charge in [0, 0.05) is 6.54 Å². The Morgan fingerprint density at radius 3 is 2.83 bits per heavy atom. The van der Waals surface area contributed by atoms with E-state index in [-0.39, 0.29) is 0 Å². The van der Waals surface area contributed by atoms with Gasteiger partial charge >= 0.3 is 0 Å². The van der Waals surface area contributed by atoms with Crippen molar-refractivity contribution in [1.82, 2.24) is 5.32 Å². The van der Waals surface area contributed by atoms with Gasteiger partial charge in [0.2, 0.25) is 0 Å². The Morgan fingerprint density at radius 2 is 2.17 bits per heavy atom. The highest BCUT2D eigenvalue weighted by Crippen LogP contribution is 2.25. The smallest absolute Gasteiger partial charge is 0.122 e. The SMILES string of the molecule is CC1CNC(COc2ccccc2C(C)C)CO1. The van der Waals surface area contributed by atoms with E-state index in [0.29, 0.717) is 24.7 Å². The van der Waals surface area contributed by atoms with Crippen LogP contribution in [0.3, 0.4) is 0 Å². The zero-order valence-electron chi connectivity index (χ0n) is 11.5. The van der Waals surface area contributed by atoms with Crippen LogP contribution in [0, 0.1) is 0 Å². The molecule has 0 radical (unpaired) electrons. The van der Waals surface area contributed by atoms with Gasteiger partial charge in [0.1, 0.15) is 12.4 Å². The van der Waals surface area contributed by atoms with Gasteiger partial charge in [0.05, 0.1) is 18.8 Å². The molecule has 0 aromatic heterocycles. The van der Waals surface area contributed by atoms with Crippen LogP contribution in [0.4, 0.5) is 0 Å². The molecule has 3 heteroatoms. The molecule has 0 amide bonds. The van der Waals surface area contributed by atoms with Crippen LogP contribution < -0.4 is 10.1 Å². The van der Waals surface area contributed by atoms with E-state index in [1.807, 2.05) is 12.1 Å². The number of benzene rings is 1. The second kappa shape index (κ2) is 6.21. The summed E-state index contributed by atoms with van der Waals surface area (Å²) in [6, 6.07) is 8.55. The molecule has 1 N–H and O–H groups in total. The first-order chi connectivity index (χ1) is 8.66. The summed E-state index contributed by atoms with van der Waals surface area (Å²) in [6.07, 6.45) is 0.309. The summed E-state index contributed by atoms with van der Waals surface area (Å²) >= 11 is 0. The number of morpholine rings is 1. The summed E-state index contributed by atoms with van der Waals surface area (Å²) in [7, 11) is 0. The lowest BCUT2D eigenvalue weighted by atomic mass is 10.0. The van der Waals surface area contributed by atoms with Crippen molar-refractivity contribution in [3.05, 3.63) is 29.8 Å². The molecular weight excluding hydrogens is 226 g/mol. The van der Waals surface area contributed by atoms with Gasteiger partial charge in [0.15, 0.2) is 0 Å². The lowest BCUT2D eigenvalue weighted by molar-refractivity contribution is 0.00447. The predicted molar refractivity (Wildman–Crippen MR) is 73.2 cm³/mol. The molecule has 1 aliphatic rings. The van der Waals surface area contributed by atoms with E-state index in [2.05, 4.69) is 38.2 Å². The Labute approximate surface area is 109 Å². The zero-order chi connectivity index (χ0) is 13.0. The van der Waals surface area contributed by atoms with Crippen molar-refractivity contribution < 1.29 is 9.47 Å². The average molecular weight is 249 g/mol. The monoisotopic (exact) mass is 249 g/mol. The van der Waals surface area contributed by atoms with Crippen molar-refractivity contribution in [2.75, 3.05) is 19.8 Å². The van der Waals surface area contributed by atoms with Crippen molar-refractivity contribution in [2.45, 2.75) is 38.8 Å². The summed E-state index contributed by atoms with van der Waals surface area (Å²) in [6.45, 7) is 8.75. The highest BCUT2D eigenvalue weighted by molar-refractivity contribution is 5.35. The largest absolute Gasteiger partial charge is 0.492 e. The molecule has 3 nitrogen and oxygen atoms in total. The Bertz CT molecular complexity index is 371. The third kappa shape index (κ3) is 3.47. The third-order valence-corrected chi connectivity index (χ3v) is 3.26. The molecule has 2 rings (SSSR count). The minimum Gasteiger partial charge on any atom is -0.492 e. The first kappa shape index (κ1) is 13.4. The summed E-state index contributed by atoms with van der Waals surface area (Å²) in [4.78, 5) is 0. The van der Waals surface area contributed by atoms with Gasteiger partial charge in [-0.05, 0) is 24.5 Å². The molecule has 18 heavy (non-hydrogen) atoms. The van der Waals surface area contributed by atoms with E-state index in [4.69, 9.17) is 9.47 Å². The fraction of sp³-hybridized carbons (Fsp3) is 0.600. The molecule has 1 aliphatic heterocycles. The summed E-state index contributed by atoms with van der Waals surface area (Å²) < 4.78 is 11.5. The van der Waals surface area contributed by atoms with E-state index in [9.17, 15) is 0 Å². The maximum absolute atomic E-state index is 5.93. The van der Waals surface area contributed by atoms with Crippen molar-refractivity contribution >= 4 is 0 Å². The van der Waals surface area contributed by atoms with Crippen molar-refractivity contribution in [2.24, 2.45) is 0 Å². The van der Waals surface area contributed by atoms with E-state index in [1.165, 1.54) is 5.56 Å².